The Morgan fingerprint density at radius 3 is 2.80 bits per heavy atom. The van der Waals surface area contributed by atoms with Gasteiger partial charge in [0.15, 0.2) is 0 Å². The Balaban J connectivity index is 1.60. The SMILES string of the molecule is COc1ccc(OC)c(NC(=O)C[C@@H]2N=C(N/N=C\c3ccccc3Cl)NC2=O)c1. The summed E-state index contributed by atoms with van der Waals surface area (Å²) in [5.41, 5.74) is 3.78. The van der Waals surface area contributed by atoms with Gasteiger partial charge < -0.3 is 14.8 Å². The molecule has 0 saturated heterocycles. The lowest BCUT2D eigenvalue weighted by molar-refractivity contribution is -0.123. The number of nitrogens with one attached hydrogen (secondary N) is 3. The molecule has 2 amide bonds. The Labute approximate surface area is 178 Å². The highest BCUT2D eigenvalue weighted by Gasteiger charge is 2.28. The largest absolute Gasteiger partial charge is 0.497 e. The third kappa shape index (κ3) is 5.26. The van der Waals surface area contributed by atoms with Crippen molar-refractivity contribution in [2.75, 3.05) is 19.5 Å². The summed E-state index contributed by atoms with van der Waals surface area (Å²) in [6.07, 6.45) is 1.36. The molecule has 2 aromatic carbocycles. The number of anilines is 1. The van der Waals surface area contributed by atoms with Crippen LogP contribution in [0.1, 0.15) is 12.0 Å². The van der Waals surface area contributed by atoms with E-state index < -0.39 is 17.9 Å². The second-order valence-corrected chi connectivity index (χ2v) is 6.60. The first-order chi connectivity index (χ1) is 14.5. The average molecular weight is 430 g/mol. The lowest BCUT2D eigenvalue weighted by Gasteiger charge is -2.12. The van der Waals surface area contributed by atoms with Gasteiger partial charge in [0.05, 0.1) is 32.5 Å². The van der Waals surface area contributed by atoms with E-state index in [0.29, 0.717) is 27.8 Å². The molecule has 30 heavy (non-hydrogen) atoms. The maximum Gasteiger partial charge on any atom is 0.252 e. The van der Waals surface area contributed by atoms with Gasteiger partial charge in [-0.1, -0.05) is 29.8 Å². The van der Waals surface area contributed by atoms with Crippen molar-refractivity contribution in [2.24, 2.45) is 10.1 Å². The monoisotopic (exact) mass is 429 g/mol. The van der Waals surface area contributed by atoms with Crippen molar-refractivity contribution < 1.29 is 19.1 Å². The van der Waals surface area contributed by atoms with Crippen LogP contribution in [-0.2, 0) is 9.59 Å². The minimum Gasteiger partial charge on any atom is -0.497 e. The first-order valence-corrected chi connectivity index (χ1v) is 9.32. The van der Waals surface area contributed by atoms with E-state index in [0.717, 1.165) is 0 Å². The van der Waals surface area contributed by atoms with Crippen molar-refractivity contribution in [3.63, 3.8) is 0 Å². The molecule has 0 spiro atoms. The standard InChI is InChI=1S/C20H20ClN5O4/c1-29-13-7-8-17(30-2)15(9-13)23-18(27)10-16-19(28)25-20(24-16)26-22-11-12-5-3-4-6-14(12)21/h3-9,11,16H,10H2,1-2H3,(H,23,27)(H2,24,25,26,28)/b22-11-/t16-/m0/s1. The number of rotatable bonds is 7. The van der Waals surface area contributed by atoms with Crippen LogP contribution < -0.4 is 25.5 Å². The van der Waals surface area contributed by atoms with Gasteiger partial charge >= 0.3 is 0 Å². The Morgan fingerprint density at radius 1 is 1.27 bits per heavy atom. The van der Waals surface area contributed by atoms with Crippen LogP contribution in [0.25, 0.3) is 0 Å². The van der Waals surface area contributed by atoms with Gasteiger partial charge in [-0.25, -0.2) is 10.4 Å². The highest BCUT2D eigenvalue weighted by molar-refractivity contribution is 6.33. The van der Waals surface area contributed by atoms with Crippen LogP contribution >= 0.6 is 11.6 Å². The molecule has 1 atom stereocenters. The van der Waals surface area contributed by atoms with E-state index in [1.807, 2.05) is 12.1 Å². The summed E-state index contributed by atoms with van der Waals surface area (Å²) >= 11 is 6.05. The second-order valence-electron chi connectivity index (χ2n) is 6.19. The molecule has 156 valence electrons. The number of hydrogen-bond donors (Lipinski definition) is 3. The summed E-state index contributed by atoms with van der Waals surface area (Å²) in [6, 6.07) is 11.3. The maximum absolute atomic E-state index is 12.4. The zero-order chi connectivity index (χ0) is 21.5. The molecule has 3 N–H and O–H groups in total. The lowest BCUT2D eigenvalue weighted by Crippen LogP contribution is -2.35. The predicted octanol–water partition coefficient (Wildman–Crippen LogP) is 2.16. The van der Waals surface area contributed by atoms with Crippen molar-refractivity contribution in [3.05, 3.63) is 53.1 Å². The number of halogens is 1. The van der Waals surface area contributed by atoms with E-state index in [1.165, 1.54) is 20.4 Å². The summed E-state index contributed by atoms with van der Waals surface area (Å²) in [4.78, 5) is 28.7. The third-order valence-corrected chi connectivity index (χ3v) is 4.51. The molecule has 0 aliphatic carbocycles. The van der Waals surface area contributed by atoms with Crippen molar-refractivity contribution in [1.82, 2.24) is 10.7 Å². The summed E-state index contributed by atoms with van der Waals surface area (Å²) in [5, 5.41) is 9.81. The molecule has 2 aromatic rings. The zero-order valence-electron chi connectivity index (χ0n) is 16.3. The van der Waals surface area contributed by atoms with Gasteiger partial charge in [-0.05, 0) is 18.2 Å². The van der Waals surface area contributed by atoms with Crippen molar-refractivity contribution >= 4 is 41.3 Å². The Morgan fingerprint density at radius 2 is 2.07 bits per heavy atom. The van der Waals surface area contributed by atoms with Crippen molar-refractivity contribution in [3.8, 4) is 11.5 Å². The number of carbonyl (C=O) groups is 2. The van der Waals surface area contributed by atoms with Crippen LogP contribution in [0.2, 0.25) is 5.02 Å². The van der Waals surface area contributed by atoms with E-state index in [1.54, 1.807) is 30.3 Å². The lowest BCUT2D eigenvalue weighted by atomic mass is 10.2. The van der Waals surface area contributed by atoms with Gasteiger partial charge in [0.1, 0.15) is 17.5 Å². The van der Waals surface area contributed by atoms with E-state index in [2.05, 4.69) is 26.2 Å². The van der Waals surface area contributed by atoms with Crippen LogP contribution in [0.4, 0.5) is 5.69 Å². The molecule has 0 aromatic heterocycles. The topological polar surface area (TPSA) is 113 Å². The predicted molar refractivity (Wildman–Crippen MR) is 114 cm³/mol. The number of aliphatic imine (C=N–C) groups is 1. The number of ether oxygens (including phenoxy) is 2. The van der Waals surface area contributed by atoms with E-state index >= 15 is 0 Å². The van der Waals surface area contributed by atoms with E-state index in [4.69, 9.17) is 21.1 Å². The average Bonchev–Trinajstić information content (AvgIpc) is 3.08. The number of amides is 2. The molecule has 1 aliphatic heterocycles. The number of guanidine groups is 1. The molecule has 1 heterocycles. The van der Waals surface area contributed by atoms with Gasteiger partial charge in [-0.2, -0.15) is 5.10 Å². The molecule has 10 heteroatoms. The van der Waals surface area contributed by atoms with E-state index in [-0.39, 0.29) is 12.4 Å². The fraction of sp³-hybridized carbons (Fsp3) is 0.200. The third-order valence-electron chi connectivity index (χ3n) is 4.17. The van der Waals surface area contributed by atoms with Gasteiger partial charge in [0, 0.05) is 16.7 Å². The van der Waals surface area contributed by atoms with Crippen LogP contribution in [0.3, 0.4) is 0 Å². The molecule has 0 unspecified atom stereocenters. The highest BCUT2D eigenvalue weighted by Crippen LogP contribution is 2.29. The summed E-state index contributed by atoms with van der Waals surface area (Å²) in [6.45, 7) is 0. The molecule has 0 radical (unpaired) electrons. The molecular formula is C20H20ClN5O4. The second kappa shape index (κ2) is 9.75. The van der Waals surface area contributed by atoms with Gasteiger partial charge in [0.25, 0.3) is 5.91 Å². The molecule has 9 nitrogen and oxygen atoms in total. The molecule has 0 bridgehead atoms. The molecule has 3 rings (SSSR count). The Hall–Kier alpha value is -3.59. The zero-order valence-corrected chi connectivity index (χ0v) is 17.1. The van der Waals surface area contributed by atoms with Gasteiger partial charge in [0.2, 0.25) is 11.9 Å². The summed E-state index contributed by atoms with van der Waals surface area (Å²) < 4.78 is 10.4. The van der Waals surface area contributed by atoms with Crippen molar-refractivity contribution in [1.29, 1.82) is 0 Å². The smallest absolute Gasteiger partial charge is 0.252 e. The fourth-order valence-corrected chi connectivity index (χ4v) is 2.86. The fourth-order valence-electron chi connectivity index (χ4n) is 2.67. The number of methoxy groups -OCH3 is 2. The van der Waals surface area contributed by atoms with Gasteiger partial charge in [-0.15, -0.1) is 0 Å². The van der Waals surface area contributed by atoms with Crippen LogP contribution in [0.5, 0.6) is 11.5 Å². The summed E-state index contributed by atoms with van der Waals surface area (Å²) in [7, 11) is 3.01. The number of hydrazone groups is 1. The molecule has 0 fully saturated rings. The number of benzene rings is 2. The first kappa shape index (κ1) is 21.1. The van der Waals surface area contributed by atoms with Crippen LogP contribution in [0.15, 0.2) is 52.6 Å². The normalized spacial score (nSPS) is 15.5. The molecule has 1 aliphatic rings. The minimum absolute atomic E-state index is 0.147. The quantitative estimate of drug-likeness (QED) is 0.461. The van der Waals surface area contributed by atoms with Crippen LogP contribution in [0, 0.1) is 0 Å². The first-order valence-electron chi connectivity index (χ1n) is 8.94. The molecule has 0 saturated carbocycles. The Kier molecular flexibility index (Phi) is 6.87. The minimum atomic E-state index is -0.875. The Bertz CT molecular complexity index is 1010. The molecular weight excluding hydrogens is 410 g/mol. The number of nitrogens with zero attached hydrogens (tertiary/aromatic N) is 2. The van der Waals surface area contributed by atoms with Gasteiger partial charge in [-0.3, -0.25) is 14.9 Å². The van der Waals surface area contributed by atoms with Crippen molar-refractivity contribution in [2.45, 2.75) is 12.5 Å². The number of hydrogen-bond acceptors (Lipinski definition) is 7. The maximum atomic E-state index is 12.4. The summed E-state index contributed by atoms with van der Waals surface area (Å²) in [5.74, 6) is 0.384. The van der Waals surface area contributed by atoms with Crippen LogP contribution in [-0.4, -0.2) is 44.2 Å². The number of carbonyl (C=O) groups excluding carboxylic acids is 2. The highest BCUT2D eigenvalue weighted by atomic mass is 35.5. The van der Waals surface area contributed by atoms with E-state index in [9.17, 15) is 9.59 Å².